The Hall–Kier alpha value is -3.53. The molecule has 0 saturated carbocycles. The summed E-state index contributed by atoms with van der Waals surface area (Å²) in [6.07, 6.45) is 1.77. The number of rotatable bonds is 11. The van der Waals surface area contributed by atoms with E-state index in [-0.39, 0.29) is 62.1 Å². The van der Waals surface area contributed by atoms with E-state index in [0.29, 0.717) is 16.5 Å². The Morgan fingerprint density at radius 1 is 1.00 bits per heavy atom. The van der Waals surface area contributed by atoms with Gasteiger partial charge in [0.05, 0.1) is 7.14 Å². The number of fused-ring (bicyclic) bond motifs is 2. The molecule has 2 aromatic carbocycles. The highest BCUT2D eigenvalue weighted by Crippen LogP contribution is 2.48. The van der Waals surface area contributed by atoms with Crippen molar-refractivity contribution in [2.75, 3.05) is 65.3 Å². The molecule has 0 spiro atoms. The SMILES string of the molecule is COCOc1c2c(c(OCOC)c3ncccc13)C(=O)N(Cc1ccc(F)cc1)CC(=O)N2CCP(C)(C)=O. The van der Waals surface area contributed by atoms with Crippen molar-refractivity contribution in [2.45, 2.75) is 6.54 Å². The predicted octanol–water partition coefficient (Wildman–Crippen LogP) is 3.95. The number of pyridine rings is 1. The van der Waals surface area contributed by atoms with Crippen LogP contribution in [0.2, 0.25) is 0 Å². The monoisotopic (exact) mass is 559 g/mol. The van der Waals surface area contributed by atoms with Gasteiger partial charge >= 0.3 is 0 Å². The molecule has 0 N–H and O–H groups in total. The van der Waals surface area contributed by atoms with Crippen molar-refractivity contribution in [3.8, 4) is 11.5 Å². The van der Waals surface area contributed by atoms with E-state index in [1.165, 1.54) is 36.2 Å². The van der Waals surface area contributed by atoms with Crippen molar-refractivity contribution in [1.29, 1.82) is 0 Å². The van der Waals surface area contributed by atoms with Gasteiger partial charge in [-0.25, -0.2) is 4.39 Å². The molecule has 2 heterocycles. The lowest BCUT2D eigenvalue weighted by atomic mass is 10.0. The zero-order valence-corrected chi connectivity index (χ0v) is 23.2. The highest BCUT2D eigenvalue weighted by molar-refractivity contribution is 7.62. The van der Waals surface area contributed by atoms with Crippen molar-refractivity contribution < 1.29 is 37.5 Å². The molecule has 1 aliphatic rings. The van der Waals surface area contributed by atoms with Gasteiger partial charge < -0.3 is 33.3 Å². The molecule has 0 aliphatic carbocycles. The van der Waals surface area contributed by atoms with E-state index in [1.807, 2.05) is 0 Å². The lowest BCUT2D eigenvalue weighted by Crippen LogP contribution is -2.40. The summed E-state index contributed by atoms with van der Waals surface area (Å²) in [6.45, 7) is 2.77. The standard InChI is InChI=1S/C27H31FN3O7P/c1-35-16-37-25-20-6-5-11-29-23(20)26(38-17-36-2)22-24(25)31(12-13-39(3,4)34)21(32)15-30(27(22)33)14-18-7-9-19(28)10-8-18/h5-11H,12-17H2,1-4H3. The maximum atomic E-state index is 14.2. The van der Waals surface area contributed by atoms with Gasteiger partial charge in [-0.3, -0.25) is 14.6 Å². The number of carbonyl (C=O) groups excluding carboxylic acids is 2. The summed E-state index contributed by atoms with van der Waals surface area (Å²) in [5, 5.41) is 0.494. The molecular weight excluding hydrogens is 528 g/mol. The summed E-state index contributed by atoms with van der Waals surface area (Å²) in [5.74, 6) is -0.989. The average molecular weight is 560 g/mol. The Balaban J connectivity index is 1.99. The van der Waals surface area contributed by atoms with Gasteiger partial charge in [0.15, 0.2) is 25.1 Å². The topological polar surface area (TPSA) is 108 Å². The van der Waals surface area contributed by atoms with Gasteiger partial charge in [-0.15, -0.1) is 0 Å². The van der Waals surface area contributed by atoms with E-state index in [0.717, 1.165) is 0 Å². The highest BCUT2D eigenvalue weighted by atomic mass is 31.2. The van der Waals surface area contributed by atoms with Gasteiger partial charge in [0.25, 0.3) is 5.91 Å². The molecule has 208 valence electrons. The molecule has 4 rings (SSSR count). The van der Waals surface area contributed by atoms with E-state index in [1.54, 1.807) is 43.8 Å². The third-order valence-electron chi connectivity index (χ3n) is 6.14. The van der Waals surface area contributed by atoms with Crippen molar-refractivity contribution >= 4 is 35.5 Å². The van der Waals surface area contributed by atoms with E-state index in [2.05, 4.69) is 4.98 Å². The summed E-state index contributed by atoms with van der Waals surface area (Å²) in [6, 6.07) is 9.14. The molecule has 0 saturated heterocycles. The molecule has 0 atom stereocenters. The van der Waals surface area contributed by atoms with Crippen LogP contribution in [0.25, 0.3) is 10.9 Å². The predicted molar refractivity (Wildman–Crippen MR) is 145 cm³/mol. The molecule has 2 amide bonds. The Bertz CT molecular complexity index is 1410. The minimum Gasteiger partial charge on any atom is -0.465 e. The largest absolute Gasteiger partial charge is 0.465 e. The maximum absolute atomic E-state index is 14.2. The van der Waals surface area contributed by atoms with Gasteiger partial charge in [-0.2, -0.15) is 0 Å². The van der Waals surface area contributed by atoms with Crippen molar-refractivity contribution in [2.24, 2.45) is 0 Å². The molecule has 3 aromatic rings. The van der Waals surface area contributed by atoms with Gasteiger partial charge in [0.2, 0.25) is 5.91 Å². The molecule has 0 unspecified atom stereocenters. The first-order chi connectivity index (χ1) is 18.6. The van der Waals surface area contributed by atoms with E-state index < -0.39 is 24.8 Å². The number of hydrogen-bond acceptors (Lipinski definition) is 8. The van der Waals surface area contributed by atoms with Crippen LogP contribution in [0.4, 0.5) is 10.1 Å². The van der Waals surface area contributed by atoms with Crippen LogP contribution in [0, 0.1) is 5.82 Å². The lowest BCUT2D eigenvalue weighted by Gasteiger charge is -2.27. The fourth-order valence-electron chi connectivity index (χ4n) is 4.33. The van der Waals surface area contributed by atoms with Crippen LogP contribution in [0.3, 0.4) is 0 Å². The summed E-state index contributed by atoms with van der Waals surface area (Å²) in [7, 11) is 0.358. The molecule has 0 bridgehead atoms. The summed E-state index contributed by atoms with van der Waals surface area (Å²) in [5.41, 5.74) is 1.21. The third kappa shape index (κ3) is 6.38. The van der Waals surface area contributed by atoms with Crippen LogP contribution in [-0.2, 0) is 25.4 Å². The minimum atomic E-state index is -2.55. The number of nitrogens with zero attached hydrogens (tertiary/aromatic N) is 3. The molecular formula is C27H31FN3O7P. The van der Waals surface area contributed by atoms with Crippen molar-refractivity contribution in [1.82, 2.24) is 9.88 Å². The Kier molecular flexibility index (Phi) is 8.84. The van der Waals surface area contributed by atoms with Gasteiger partial charge in [0.1, 0.15) is 29.1 Å². The van der Waals surface area contributed by atoms with Crippen LogP contribution >= 0.6 is 7.14 Å². The highest BCUT2D eigenvalue weighted by Gasteiger charge is 2.39. The first-order valence-electron chi connectivity index (χ1n) is 12.2. The minimum absolute atomic E-state index is 0.0381. The van der Waals surface area contributed by atoms with Crippen LogP contribution in [0.15, 0.2) is 42.6 Å². The number of anilines is 1. The Labute approximate surface area is 226 Å². The molecule has 0 fully saturated rings. The van der Waals surface area contributed by atoms with Crippen LogP contribution in [0.5, 0.6) is 11.5 Å². The smallest absolute Gasteiger partial charge is 0.260 e. The number of amides is 2. The normalized spacial score (nSPS) is 14.0. The lowest BCUT2D eigenvalue weighted by molar-refractivity contribution is -0.119. The van der Waals surface area contributed by atoms with Crippen molar-refractivity contribution in [3.63, 3.8) is 0 Å². The van der Waals surface area contributed by atoms with Gasteiger partial charge in [-0.05, 0) is 43.2 Å². The molecule has 1 aliphatic heterocycles. The number of methoxy groups -OCH3 is 2. The fraction of sp³-hybridized carbons (Fsp3) is 0.370. The first kappa shape index (κ1) is 28.5. The fourth-order valence-corrected chi connectivity index (χ4v) is 5.01. The molecule has 0 radical (unpaired) electrons. The Morgan fingerprint density at radius 3 is 2.31 bits per heavy atom. The quantitative estimate of drug-likeness (QED) is 0.257. The van der Waals surface area contributed by atoms with Gasteiger partial charge in [0, 0.05) is 45.1 Å². The molecule has 39 heavy (non-hydrogen) atoms. The number of halogens is 1. The van der Waals surface area contributed by atoms with Crippen LogP contribution in [0.1, 0.15) is 15.9 Å². The third-order valence-corrected chi connectivity index (χ3v) is 7.41. The Morgan fingerprint density at radius 2 is 1.67 bits per heavy atom. The summed E-state index contributed by atoms with van der Waals surface area (Å²) < 4.78 is 48.4. The van der Waals surface area contributed by atoms with Crippen LogP contribution in [-0.4, -0.2) is 82.1 Å². The molecule has 10 nitrogen and oxygen atoms in total. The van der Waals surface area contributed by atoms with E-state index >= 15 is 0 Å². The molecule has 12 heteroatoms. The van der Waals surface area contributed by atoms with Crippen LogP contribution < -0.4 is 14.4 Å². The number of ether oxygens (including phenoxy) is 4. The van der Waals surface area contributed by atoms with E-state index in [9.17, 15) is 18.5 Å². The van der Waals surface area contributed by atoms with E-state index in [4.69, 9.17) is 18.9 Å². The zero-order chi connectivity index (χ0) is 28.2. The second-order valence-electron chi connectivity index (χ2n) is 9.51. The summed E-state index contributed by atoms with van der Waals surface area (Å²) in [4.78, 5) is 35.3. The number of benzene rings is 2. The number of hydrogen-bond donors (Lipinski definition) is 0. The summed E-state index contributed by atoms with van der Waals surface area (Å²) >= 11 is 0. The second-order valence-corrected chi connectivity index (χ2v) is 13.1. The number of carbonyl (C=O) groups is 2. The second kappa shape index (κ2) is 12.1. The number of aromatic nitrogens is 1. The van der Waals surface area contributed by atoms with Gasteiger partial charge in [-0.1, -0.05) is 12.1 Å². The molecule has 1 aromatic heterocycles. The maximum Gasteiger partial charge on any atom is 0.260 e. The van der Waals surface area contributed by atoms with Crippen molar-refractivity contribution in [3.05, 3.63) is 59.5 Å². The first-order valence-corrected chi connectivity index (χ1v) is 15.0. The average Bonchev–Trinajstić information content (AvgIpc) is 3.00. The zero-order valence-electron chi connectivity index (χ0n) is 22.3.